The summed E-state index contributed by atoms with van der Waals surface area (Å²) in [6, 6.07) is 17.9. The molecule has 5 nitrogen and oxygen atoms in total. The van der Waals surface area contributed by atoms with Crippen molar-refractivity contribution in [1.29, 1.82) is 0 Å². The molecule has 0 aliphatic rings. The highest BCUT2D eigenvalue weighted by Crippen LogP contribution is 2.19. The van der Waals surface area contributed by atoms with E-state index in [0.717, 1.165) is 10.8 Å². The number of fused-ring (bicyclic) bond motifs is 1. The molecule has 0 spiro atoms. The van der Waals surface area contributed by atoms with Gasteiger partial charge >= 0.3 is 0 Å². The number of nitrogens with zero attached hydrogens (tertiary/aromatic N) is 1. The van der Waals surface area contributed by atoms with Crippen molar-refractivity contribution in [3.05, 3.63) is 72.5 Å². The Morgan fingerprint density at radius 1 is 1.00 bits per heavy atom. The minimum absolute atomic E-state index is 0.0132. The molecule has 0 bridgehead atoms. The van der Waals surface area contributed by atoms with Gasteiger partial charge in [-0.15, -0.1) is 0 Å². The number of benzene rings is 3. The van der Waals surface area contributed by atoms with Crippen LogP contribution in [0.5, 0.6) is 0 Å². The number of carbonyl (C=O) groups is 1. The number of hydrogen-bond acceptors (Lipinski definition) is 3. The number of halogens is 1. The molecule has 1 amide bonds. The summed E-state index contributed by atoms with van der Waals surface area (Å²) < 4.78 is 40.3. The lowest BCUT2D eigenvalue weighted by Crippen LogP contribution is -2.32. The number of rotatable bonds is 6. The van der Waals surface area contributed by atoms with Crippen molar-refractivity contribution in [2.75, 3.05) is 18.5 Å². The SMILES string of the molecule is CN(C(=O)CCNS(=O)(=O)c1ccc2ccccc2c1)c1ccc(F)cc1. The van der Waals surface area contributed by atoms with Crippen LogP contribution in [0.2, 0.25) is 0 Å². The van der Waals surface area contributed by atoms with Crippen LogP contribution in [0.1, 0.15) is 6.42 Å². The lowest BCUT2D eigenvalue weighted by Gasteiger charge is -2.17. The first-order valence-corrected chi connectivity index (χ1v) is 9.86. The maximum atomic E-state index is 13.0. The van der Waals surface area contributed by atoms with Crippen molar-refractivity contribution in [2.24, 2.45) is 0 Å². The Morgan fingerprint density at radius 2 is 1.67 bits per heavy atom. The van der Waals surface area contributed by atoms with Gasteiger partial charge in [0.2, 0.25) is 15.9 Å². The highest BCUT2D eigenvalue weighted by Gasteiger charge is 2.16. The second kappa shape index (κ2) is 7.85. The average molecular weight is 386 g/mol. The predicted octanol–water partition coefficient (Wildman–Crippen LogP) is 3.31. The summed E-state index contributed by atoms with van der Waals surface area (Å²) in [6.07, 6.45) is -0.0132. The van der Waals surface area contributed by atoms with E-state index < -0.39 is 10.0 Å². The highest BCUT2D eigenvalue weighted by atomic mass is 32.2. The molecule has 3 aromatic rings. The van der Waals surface area contributed by atoms with Crippen LogP contribution in [-0.4, -0.2) is 27.9 Å². The van der Waals surface area contributed by atoms with E-state index >= 15 is 0 Å². The molecule has 3 aromatic carbocycles. The maximum absolute atomic E-state index is 13.0. The lowest BCUT2D eigenvalue weighted by molar-refractivity contribution is -0.118. The Bertz CT molecular complexity index is 1070. The van der Waals surface area contributed by atoms with Gasteiger partial charge in [-0.25, -0.2) is 17.5 Å². The fraction of sp³-hybridized carbons (Fsp3) is 0.150. The zero-order valence-electron chi connectivity index (χ0n) is 14.7. The van der Waals surface area contributed by atoms with Gasteiger partial charge in [-0.2, -0.15) is 0 Å². The van der Waals surface area contributed by atoms with Gasteiger partial charge in [0, 0.05) is 25.7 Å². The van der Waals surface area contributed by atoms with Gasteiger partial charge in [0.15, 0.2) is 0 Å². The fourth-order valence-corrected chi connectivity index (χ4v) is 3.75. The molecule has 0 aliphatic carbocycles. The van der Waals surface area contributed by atoms with E-state index in [9.17, 15) is 17.6 Å². The third-order valence-electron chi connectivity index (χ3n) is 4.25. The van der Waals surface area contributed by atoms with E-state index in [1.807, 2.05) is 24.3 Å². The predicted molar refractivity (Wildman–Crippen MR) is 104 cm³/mol. The molecule has 0 heterocycles. The Morgan fingerprint density at radius 3 is 2.37 bits per heavy atom. The monoisotopic (exact) mass is 386 g/mol. The zero-order valence-corrected chi connectivity index (χ0v) is 15.5. The van der Waals surface area contributed by atoms with E-state index in [4.69, 9.17) is 0 Å². The summed E-state index contributed by atoms with van der Waals surface area (Å²) >= 11 is 0. The minimum Gasteiger partial charge on any atom is -0.315 e. The van der Waals surface area contributed by atoms with Crippen LogP contribution in [0.15, 0.2) is 71.6 Å². The molecule has 0 radical (unpaired) electrons. The third kappa shape index (κ3) is 4.50. The van der Waals surface area contributed by atoms with Crippen LogP contribution in [0.4, 0.5) is 10.1 Å². The number of anilines is 1. The zero-order chi connectivity index (χ0) is 19.4. The van der Waals surface area contributed by atoms with Crippen molar-refractivity contribution in [3.63, 3.8) is 0 Å². The van der Waals surface area contributed by atoms with Crippen LogP contribution in [0.25, 0.3) is 10.8 Å². The van der Waals surface area contributed by atoms with E-state index in [2.05, 4.69) is 4.72 Å². The second-order valence-corrected chi connectivity index (χ2v) is 7.85. The quantitative estimate of drug-likeness (QED) is 0.707. The summed E-state index contributed by atoms with van der Waals surface area (Å²) in [6.45, 7) is -0.0282. The second-order valence-electron chi connectivity index (χ2n) is 6.09. The summed E-state index contributed by atoms with van der Waals surface area (Å²) in [7, 11) is -2.15. The van der Waals surface area contributed by atoms with Gasteiger partial charge in [0.1, 0.15) is 5.82 Å². The number of hydrogen-bond donors (Lipinski definition) is 1. The number of sulfonamides is 1. The molecule has 7 heteroatoms. The van der Waals surface area contributed by atoms with Crippen molar-refractivity contribution < 1.29 is 17.6 Å². The Hall–Kier alpha value is -2.77. The standard InChI is InChI=1S/C20H19FN2O3S/c1-23(18-9-7-17(21)8-10-18)20(24)12-13-22-27(25,26)19-11-6-15-4-2-3-5-16(15)14-19/h2-11,14,22H,12-13H2,1H3. The van der Waals surface area contributed by atoms with Crippen LogP contribution in [0, 0.1) is 5.82 Å². The largest absolute Gasteiger partial charge is 0.315 e. The molecule has 0 saturated carbocycles. The van der Waals surface area contributed by atoms with Gasteiger partial charge in [-0.1, -0.05) is 30.3 Å². The molecule has 3 rings (SSSR count). The van der Waals surface area contributed by atoms with Gasteiger partial charge in [-0.3, -0.25) is 4.79 Å². The van der Waals surface area contributed by atoms with E-state index in [1.165, 1.54) is 35.2 Å². The smallest absolute Gasteiger partial charge is 0.240 e. The van der Waals surface area contributed by atoms with Crippen molar-refractivity contribution >= 4 is 32.4 Å². The van der Waals surface area contributed by atoms with Crippen LogP contribution < -0.4 is 9.62 Å². The Kier molecular flexibility index (Phi) is 5.53. The topological polar surface area (TPSA) is 66.5 Å². The molecule has 0 saturated heterocycles. The molecule has 140 valence electrons. The average Bonchev–Trinajstić information content (AvgIpc) is 2.67. The molecule has 0 atom stereocenters. The molecule has 1 N–H and O–H groups in total. The Balaban J connectivity index is 1.62. The first kappa shape index (κ1) is 19.0. The van der Waals surface area contributed by atoms with Crippen molar-refractivity contribution in [3.8, 4) is 0 Å². The summed E-state index contributed by atoms with van der Waals surface area (Å²) in [5.74, 6) is -0.662. The minimum atomic E-state index is -3.71. The van der Waals surface area contributed by atoms with Crippen molar-refractivity contribution in [2.45, 2.75) is 11.3 Å². The molecular formula is C20H19FN2O3S. The molecule has 0 aromatic heterocycles. The van der Waals surface area contributed by atoms with E-state index in [1.54, 1.807) is 19.2 Å². The van der Waals surface area contributed by atoms with Crippen LogP contribution in [-0.2, 0) is 14.8 Å². The van der Waals surface area contributed by atoms with Crippen LogP contribution >= 0.6 is 0 Å². The van der Waals surface area contributed by atoms with Gasteiger partial charge in [0.05, 0.1) is 4.90 Å². The molecule has 0 unspecified atom stereocenters. The normalized spacial score (nSPS) is 11.5. The van der Waals surface area contributed by atoms with Crippen LogP contribution in [0.3, 0.4) is 0 Å². The lowest BCUT2D eigenvalue weighted by atomic mass is 10.1. The first-order valence-electron chi connectivity index (χ1n) is 8.37. The van der Waals surface area contributed by atoms with Crippen molar-refractivity contribution in [1.82, 2.24) is 4.72 Å². The van der Waals surface area contributed by atoms with Gasteiger partial charge < -0.3 is 4.90 Å². The highest BCUT2D eigenvalue weighted by molar-refractivity contribution is 7.89. The summed E-state index contributed by atoms with van der Waals surface area (Å²) in [4.78, 5) is 13.7. The molecule has 27 heavy (non-hydrogen) atoms. The maximum Gasteiger partial charge on any atom is 0.240 e. The van der Waals surface area contributed by atoms with E-state index in [-0.39, 0.29) is 29.6 Å². The first-order chi connectivity index (χ1) is 12.9. The van der Waals surface area contributed by atoms with E-state index in [0.29, 0.717) is 5.69 Å². The van der Waals surface area contributed by atoms with Gasteiger partial charge in [0.25, 0.3) is 0 Å². The molecule has 0 fully saturated rings. The molecule has 0 aliphatic heterocycles. The fourth-order valence-electron chi connectivity index (χ4n) is 2.69. The third-order valence-corrected chi connectivity index (χ3v) is 5.71. The summed E-state index contributed by atoms with van der Waals surface area (Å²) in [5, 5.41) is 1.78. The number of carbonyl (C=O) groups excluding carboxylic acids is 1. The molecular weight excluding hydrogens is 367 g/mol. The number of nitrogens with one attached hydrogen (secondary N) is 1. The Labute approximate surface area is 157 Å². The summed E-state index contributed by atoms with van der Waals surface area (Å²) in [5.41, 5.74) is 0.541. The van der Waals surface area contributed by atoms with Gasteiger partial charge in [-0.05, 0) is 47.2 Å². The number of amides is 1.